The van der Waals surface area contributed by atoms with Gasteiger partial charge >= 0.3 is 5.97 Å². The molecule has 6 nitrogen and oxygen atoms in total. The van der Waals surface area contributed by atoms with E-state index in [2.05, 4.69) is 49.6 Å². The Kier molecular flexibility index (Phi) is 39.8. The average Bonchev–Trinajstić information content (AvgIpc) is 3.13. The normalized spacial score (nSPS) is 11.9. The number of hydrogen-bond acceptors (Lipinski definition) is 6. The van der Waals surface area contributed by atoms with Crippen LogP contribution < -0.4 is 0 Å². The van der Waals surface area contributed by atoms with Gasteiger partial charge in [-0.05, 0) is 64.2 Å². The third-order valence-electron chi connectivity index (χ3n) is 9.78. The molecule has 0 aliphatic rings. The summed E-state index contributed by atoms with van der Waals surface area (Å²) in [4.78, 5) is 14.4. The number of carbonyl (C=O) groups excluding carboxylic acids is 1. The van der Waals surface area contributed by atoms with Crippen LogP contribution in [-0.4, -0.2) is 67.1 Å². The van der Waals surface area contributed by atoms with Gasteiger partial charge in [0.15, 0.2) is 0 Å². The summed E-state index contributed by atoms with van der Waals surface area (Å²) in [7, 11) is 0. The predicted octanol–water partition coefficient (Wildman–Crippen LogP) is 12.0. The second kappa shape index (κ2) is 41.1. The van der Waals surface area contributed by atoms with E-state index in [1.807, 2.05) is 0 Å². The van der Waals surface area contributed by atoms with Crippen molar-refractivity contribution in [3.05, 3.63) is 36.6 Å². The fourth-order valence-electron chi connectivity index (χ4n) is 6.32. The molecule has 0 atom stereocenters. The number of carbonyl (C=O) groups is 1. The lowest BCUT2D eigenvalue weighted by Gasteiger charge is -2.25. The number of nitrogens with zero attached hydrogens (tertiary/aromatic N) is 1. The molecule has 0 radical (unpaired) electrons. The molecular formula is C45H85NO5. The first-order chi connectivity index (χ1) is 25.1. The highest BCUT2D eigenvalue weighted by molar-refractivity contribution is 5.69. The SMILES string of the molecule is C=C(CCCCCCC/C=C\CCCCCCCC)OCCN(CCOC(=O)CCCCCCC/C=C\CCCCCCCC)CC(CO)CO. The van der Waals surface area contributed by atoms with E-state index in [4.69, 9.17) is 9.47 Å². The van der Waals surface area contributed by atoms with E-state index >= 15 is 0 Å². The van der Waals surface area contributed by atoms with Gasteiger partial charge in [0, 0.05) is 51.6 Å². The molecule has 0 aliphatic heterocycles. The molecule has 0 aromatic heterocycles. The maximum absolute atomic E-state index is 12.3. The number of hydrogen-bond donors (Lipinski definition) is 2. The minimum Gasteiger partial charge on any atom is -0.497 e. The van der Waals surface area contributed by atoms with Crippen LogP contribution in [0.5, 0.6) is 0 Å². The smallest absolute Gasteiger partial charge is 0.305 e. The first kappa shape index (κ1) is 49.4. The summed E-state index contributed by atoms with van der Waals surface area (Å²) < 4.78 is 11.5. The number of unbranched alkanes of at least 4 members (excludes halogenated alkanes) is 22. The highest BCUT2D eigenvalue weighted by atomic mass is 16.5. The molecule has 0 spiro atoms. The maximum atomic E-state index is 12.3. The van der Waals surface area contributed by atoms with Crippen LogP contribution in [0.4, 0.5) is 0 Å². The third-order valence-corrected chi connectivity index (χ3v) is 9.78. The lowest BCUT2D eigenvalue weighted by molar-refractivity contribution is -0.144. The highest BCUT2D eigenvalue weighted by Gasteiger charge is 2.14. The summed E-state index contributed by atoms with van der Waals surface area (Å²) in [6.45, 7) is 11.0. The van der Waals surface area contributed by atoms with Crippen LogP contribution in [0.1, 0.15) is 194 Å². The number of esters is 1. The van der Waals surface area contributed by atoms with Gasteiger partial charge in [0.05, 0.1) is 5.76 Å². The third kappa shape index (κ3) is 37.9. The summed E-state index contributed by atoms with van der Waals surface area (Å²) in [6, 6.07) is 0. The van der Waals surface area contributed by atoms with Gasteiger partial charge in [-0.1, -0.05) is 147 Å². The molecule has 0 heterocycles. The van der Waals surface area contributed by atoms with Crippen LogP contribution in [0.3, 0.4) is 0 Å². The molecule has 0 amide bonds. The molecule has 0 bridgehead atoms. The summed E-state index contributed by atoms with van der Waals surface area (Å²) in [6.07, 6.45) is 43.6. The van der Waals surface area contributed by atoms with Crippen LogP contribution in [0.2, 0.25) is 0 Å². The van der Waals surface area contributed by atoms with Crippen LogP contribution in [0, 0.1) is 5.92 Å². The van der Waals surface area contributed by atoms with E-state index in [1.54, 1.807) is 0 Å². The fraction of sp³-hybridized carbons (Fsp3) is 0.844. The Balaban J connectivity index is 3.91. The van der Waals surface area contributed by atoms with E-state index in [1.165, 1.54) is 148 Å². The first-order valence-electron chi connectivity index (χ1n) is 21.8. The van der Waals surface area contributed by atoms with Crippen molar-refractivity contribution in [2.75, 3.05) is 46.1 Å². The van der Waals surface area contributed by atoms with Gasteiger partial charge in [0.2, 0.25) is 0 Å². The monoisotopic (exact) mass is 720 g/mol. The lowest BCUT2D eigenvalue weighted by atomic mass is 10.1. The largest absolute Gasteiger partial charge is 0.497 e. The van der Waals surface area contributed by atoms with E-state index in [0.717, 1.165) is 31.4 Å². The maximum Gasteiger partial charge on any atom is 0.305 e. The van der Waals surface area contributed by atoms with E-state index in [-0.39, 0.29) is 25.1 Å². The van der Waals surface area contributed by atoms with Crippen molar-refractivity contribution in [2.45, 2.75) is 194 Å². The Hall–Kier alpha value is -1.63. The summed E-state index contributed by atoms with van der Waals surface area (Å²) in [5.74, 6) is 0.452. The molecule has 0 aliphatic carbocycles. The summed E-state index contributed by atoms with van der Waals surface area (Å²) >= 11 is 0. The molecule has 0 saturated heterocycles. The van der Waals surface area contributed by atoms with Crippen molar-refractivity contribution < 1.29 is 24.5 Å². The Labute approximate surface area is 316 Å². The van der Waals surface area contributed by atoms with Crippen molar-refractivity contribution in [3.63, 3.8) is 0 Å². The molecule has 0 aromatic carbocycles. The average molecular weight is 720 g/mol. The van der Waals surface area contributed by atoms with Gasteiger partial charge in [0.25, 0.3) is 0 Å². The molecule has 0 saturated carbocycles. The lowest BCUT2D eigenvalue weighted by Crippen LogP contribution is -2.37. The minimum atomic E-state index is -0.226. The van der Waals surface area contributed by atoms with E-state index < -0.39 is 0 Å². The number of allylic oxidation sites excluding steroid dienone is 5. The molecule has 0 fully saturated rings. The van der Waals surface area contributed by atoms with Crippen LogP contribution >= 0.6 is 0 Å². The van der Waals surface area contributed by atoms with Crippen molar-refractivity contribution in [1.82, 2.24) is 4.90 Å². The first-order valence-corrected chi connectivity index (χ1v) is 21.8. The Morgan fingerprint density at radius 2 is 0.922 bits per heavy atom. The molecule has 51 heavy (non-hydrogen) atoms. The van der Waals surface area contributed by atoms with Gasteiger partial charge in [-0.25, -0.2) is 0 Å². The predicted molar refractivity (Wildman–Crippen MR) is 219 cm³/mol. The Morgan fingerprint density at radius 1 is 0.549 bits per heavy atom. The Bertz CT molecular complexity index is 735. The molecule has 0 rings (SSSR count). The summed E-state index contributed by atoms with van der Waals surface area (Å²) in [5.41, 5.74) is 0. The van der Waals surface area contributed by atoms with Crippen molar-refractivity contribution in [1.29, 1.82) is 0 Å². The minimum absolute atomic E-state index is 0.0781. The summed E-state index contributed by atoms with van der Waals surface area (Å²) in [5, 5.41) is 19.2. The van der Waals surface area contributed by atoms with E-state index in [0.29, 0.717) is 39.3 Å². The van der Waals surface area contributed by atoms with Crippen LogP contribution in [-0.2, 0) is 14.3 Å². The van der Waals surface area contributed by atoms with Crippen molar-refractivity contribution >= 4 is 5.97 Å². The van der Waals surface area contributed by atoms with Crippen LogP contribution in [0.25, 0.3) is 0 Å². The number of aliphatic hydroxyl groups excluding tert-OH is 2. The topological polar surface area (TPSA) is 79.2 Å². The number of rotatable bonds is 41. The second-order valence-corrected chi connectivity index (χ2v) is 14.8. The quantitative estimate of drug-likeness (QED) is 0.0283. The molecule has 2 N–H and O–H groups in total. The van der Waals surface area contributed by atoms with Gasteiger partial charge in [-0.2, -0.15) is 0 Å². The second-order valence-electron chi connectivity index (χ2n) is 14.8. The molecule has 6 heteroatoms. The number of aliphatic hydroxyl groups is 2. The van der Waals surface area contributed by atoms with Gasteiger partial charge < -0.3 is 19.7 Å². The standard InChI is InChI=1S/C45H85NO5/c1-4-6-8-10-12-14-16-18-20-22-24-26-28-30-32-34-43(3)50-38-36-46(40-44(41-47)42-48)37-39-51-45(49)35-33-31-29-27-25-23-21-19-17-15-13-11-9-7-5-2/h18-21,44,47-48H,3-17,22-42H2,1-2H3/b20-18-,21-19-. The molecular weight excluding hydrogens is 634 g/mol. The van der Waals surface area contributed by atoms with Gasteiger partial charge in [-0.3, -0.25) is 9.69 Å². The van der Waals surface area contributed by atoms with E-state index in [9.17, 15) is 15.0 Å². The zero-order valence-corrected chi connectivity index (χ0v) is 33.9. The van der Waals surface area contributed by atoms with Crippen molar-refractivity contribution in [3.8, 4) is 0 Å². The van der Waals surface area contributed by atoms with Crippen LogP contribution in [0.15, 0.2) is 36.6 Å². The van der Waals surface area contributed by atoms with Crippen molar-refractivity contribution in [2.24, 2.45) is 5.92 Å². The zero-order chi connectivity index (χ0) is 37.3. The molecule has 0 unspecified atom stereocenters. The fourth-order valence-corrected chi connectivity index (χ4v) is 6.32. The zero-order valence-electron chi connectivity index (χ0n) is 33.9. The van der Waals surface area contributed by atoms with Gasteiger partial charge in [-0.15, -0.1) is 0 Å². The van der Waals surface area contributed by atoms with Gasteiger partial charge in [0.1, 0.15) is 13.2 Å². The Morgan fingerprint density at radius 3 is 1.35 bits per heavy atom. The molecule has 300 valence electrons. The highest BCUT2D eigenvalue weighted by Crippen LogP contribution is 2.14. The molecule has 0 aromatic rings. The number of ether oxygens (including phenoxy) is 2.